The summed E-state index contributed by atoms with van der Waals surface area (Å²) in [6.07, 6.45) is 2.74. The summed E-state index contributed by atoms with van der Waals surface area (Å²) in [6.45, 7) is 0.732. The lowest BCUT2D eigenvalue weighted by molar-refractivity contribution is 0.399. The number of aryl methyl sites for hydroxylation is 3. The third kappa shape index (κ3) is 2.71. The number of methoxy groups -OCH3 is 1. The van der Waals surface area contributed by atoms with Crippen LogP contribution in [0.4, 0.5) is 0 Å². The summed E-state index contributed by atoms with van der Waals surface area (Å²) in [7, 11) is 3.51. The Balaban J connectivity index is 1.94. The Kier molecular flexibility index (Phi) is 3.79. The van der Waals surface area contributed by atoms with Crippen LogP contribution in [0.3, 0.4) is 0 Å². The molecular formula is C14H16ClN5O. The minimum atomic E-state index is 0.348. The van der Waals surface area contributed by atoms with Gasteiger partial charge in [0.05, 0.1) is 18.7 Å². The van der Waals surface area contributed by atoms with E-state index in [0.717, 1.165) is 35.6 Å². The van der Waals surface area contributed by atoms with Gasteiger partial charge in [0.2, 0.25) is 5.88 Å². The van der Waals surface area contributed by atoms with Crippen molar-refractivity contribution < 1.29 is 4.74 Å². The lowest BCUT2D eigenvalue weighted by Crippen LogP contribution is -2.07. The molecule has 110 valence electrons. The highest BCUT2D eigenvalue weighted by Crippen LogP contribution is 2.19. The number of imidazole rings is 1. The summed E-state index contributed by atoms with van der Waals surface area (Å²) in [5.41, 5.74) is 2.65. The molecule has 3 rings (SSSR count). The second kappa shape index (κ2) is 5.73. The quantitative estimate of drug-likeness (QED) is 0.678. The topological polar surface area (TPSA) is 57.8 Å². The number of alkyl halides is 1. The molecule has 0 aliphatic heterocycles. The first kappa shape index (κ1) is 13.9. The number of rotatable bonds is 5. The minimum Gasteiger partial charge on any atom is -0.481 e. The normalized spacial score (nSPS) is 11.2. The van der Waals surface area contributed by atoms with Gasteiger partial charge >= 0.3 is 0 Å². The number of fused-ring (bicyclic) bond motifs is 1. The van der Waals surface area contributed by atoms with Crippen LogP contribution in [0.1, 0.15) is 11.5 Å². The largest absolute Gasteiger partial charge is 0.481 e. The molecule has 7 heteroatoms. The SMILES string of the molecule is COc1ccc2nc(CCl)n(CCc3ccn(C)n3)c2n1. The number of pyridine rings is 1. The molecular weight excluding hydrogens is 290 g/mol. The molecule has 0 fully saturated rings. The highest BCUT2D eigenvalue weighted by atomic mass is 35.5. The molecule has 0 saturated heterocycles. The molecule has 3 aromatic rings. The number of nitrogens with zero attached hydrogens (tertiary/aromatic N) is 5. The molecule has 0 aliphatic rings. The van der Waals surface area contributed by atoms with Crippen LogP contribution in [-0.2, 0) is 25.9 Å². The third-order valence-corrected chi connectivity index (χ3v) is 3.57. The summed E-state index contributed by atoms with van der Waals surface area (Å²) >= 11 is 6.00. The van der Waals surface area contributed by atoms with Crippen LogP contribution < -0.4 is 4.74 Å². The van der Waals surface area contributed by atoms with Gasteiger partial charge in [-0.1, -0.05) is 0 Å². The zero-order valence-corrected chi connectivity index (χ0v) is 12.7. The first-order valence-electron chi connectivity index (χ1n) is 6.66. The average Bonchev–Trinajstić information content (AvgIpc) is 3.07. The molecule has 0 bridgehead atoms. The van der Waals surface area contributed by atoms with Gasteiger partial charge in [-0.05, 0) is 12.1 Å². The van der Waals surface area contributed by atoms with Crippen molar-refractivity contribution in [2.24, 2.45) is 7.05 Å². The molecule has 0 aromatic carbocycles. The number of aromatic nitrogens is 5. The van der Waals surface area contributed by atoms with Gasteiger partial charge in [0.1, 0.15) is 11.3 Å². The Morgan fingerprint density at radius 2 is 2.10 bits per heavy atom. The maximum absolute atomic E-state index is 6.00. The molecule has 3 aromatic heterocycles. The Morgan fingerprint density at radius 1 is 1.24 bits per heavy atom. The number of hydrogen-bond donors (Lipinski definition) is 0. The molecule has 0 spiro atoms. The summed E-state index contributed by atoms with van der Waals surface area (Å²) < 4.78 is 9.01. The molecule has 0 saturated carbocycles. The van der Waals surface area contributed by atoms with Gasteiger partial charge in [0.25, 0.3) is 0 Å². The lowest BCUT2D eigenvalue weighted by Gasteiger charge is -2.06. The van der Waals surface area contributed by atoms with E-state index in [1.54, 1.807) is 17.9 Å². The van der Waals surface area contributed by atoms with Crippen LogP contribution in [-0.4, -0.2) is 31.4 Å². The van der Waals surface area contributed by atoms with E-state index in [0.29, 0.717) is 11.8 Å². The molecule has 0 atom stereocenters. The van der Waals surface area contributed by atoms with E-state index in [1.807, 2.05) is 29.9 Å². The van der Waals surface area contributed by atoms with Gasteiger partial charge in [0, 0.05) is 32.3 Å². The van der Waals surface area contributed by atoms with Crippen LogP contribution in [0.5, 0.6) is 5.88 Å². The second-order valence-electron chi connectivity index (χ2n) is 4.74. The van der Waals surface area contributed by atoms with Crippen molar-refractivity contribution in [1.82, 2.24) is 24.3 Å². The van der Waals surface area contributed by atoms with E-state index in [4.69, 9.17) is 16.3 Å². The number of hydrogen-bond acceptors (Lipinski definition) is 4. The van der Waals surface area contributed by atoms with E-state index in [2.05, 4.69) is 15.1 Å². The lowest BCUT2D eigenvalue weighted by atomic mass is 10.3. The van der Waals surface area contributed by atoms with Gasteiger partial charge in [-0.15, -0.1) is 11.6 Å². The average molecular weight is 306 g/mol. The smallest absolute Gasteiger partial charge is 0.215 e. The van der Waals surface area contributed by atoms with Gasteiger partial charge in [-0.2, -0.15) is 10.1 Å². The molecule has 0 N–H and O–H groups in total. The van der Waals surface area contributed by atoms with Gasteiger partial charge in [-0.25, -0.2) is 4.98 Å². The predicted octanol–water partition coefficient (Wildman–Crippen LogP) is 2.15. The number of halogens is 1. The van der Waals surface area contributed by atoms with E-state index in [9.17, 15) is 0 Å². The zero-order valence-electron chi connectivity index (χ0n) is 12.0. The van der Waals surface area contributed by atoms with Crippen LogP contribution >= 0.6 is 11.6 Å². The van der Waals surface area contributed by atoms with Crippen molar-refractivity contribution in [3.05, 3.63) is 35.9 Å². The Hall–Kier alpha value is -2.08. The van der Waals surface area contributed by atoms with Crippen LogP contribution in [0.15, 0.2) is 24.4 Å². The van der Waals surface area contributed by atoms with Gasteiger partial charge < -0.3 is 9.30 Å². The zero-order chi connectivity index (χ0) is 14.8. The molecule has 0 radical (unpaired) electrons. The first-order valence-corrected chi connectivity index (χ1v) is 7.19. The van der Waals surface area contributed by atoms with Crippen molar-refractivity contribution in [1.29, 1.82) is 0 Å². The summed E-state index contributed by atoms with van der Waals surface area (Å²) in [5, 5.41) is 4.38. The highest BCUT2D eigenvalue weighted by Gasteiger charge is 2.12. The molecule has 0 amide bonds. The third-order valence-electron chi connectivity index (χ3n) is 3.33. The van der Waals surface area contributed by atoms with Crippen LogP contribution in [0.2, 0.25) is 0 Å². The Labute approximate surface area is 127 Å². The monoisotopic (exact) mass is 305 g/mol. The second-order valence-corrected chi connectivity index (χ2v) is 5.01. The molecule has 3 heterocycles. The standard InChI is InChI=1S/C14H16ClN5O/c1-19-7-5-10(18-19)6-8-20-12(9-15)16-11-3-4-13(21-2)17-14(11)20/h3-5,7H,6,8-9H2,1-2H3. The first-order chi connectivity index (χ1) is 10.2. The van der Waals surface area contributed by atoms with Crippen LogP contribution in [0, 0.1) is 0 Å². The molecule has 0 aliphatic carbocycles. The fraction of sp³-hybridized carbons (Fsp3) is 0.357. The molecule has 0 unspecified atom stereocenters. The van der Waals surface area contributed by atoms with E-state index >= 15 is 0 Å². The summed E-state index contributed by atoms with van der Waals surface area (Å²) in [5.74, 6) is 1.73. The van der Waals surface area contributed by atoms with Gasteiger partial charge in [0.15, 0.2) is 5.65 Å². The van der Waals surface area contributed by atoms with Crippen LogP contribution in [0.25, 0.3) is 11.2 Å². The maximum Gasteiger partial charge on any atom is 0.215 e. The maximum atomic E-state index is 6.00. The molecule has 6 nitrogen and oxygen atoms in total. The highest BCUT2D eigenvalue weighted by molar-refractivity contribution is 6.16. The Morgan fingerprint density at radius 3 is 2.76 bits per heavy atom. The molecule has 21 heavy (non-hydrogen) atoms. The van der Waals surface area contributed by atoms with Crippen molar-refractivity contribution in [2.75, 3.05) is 7.11 Å². The minimum absolute atomic E-state index is 0.348. The predicted molar refractivity (Wildman–Crippen MR) is 80.5 cm³/mol. The van der Waals surface area contributed by atoms with Crippen molar-refractivity contribution in [3.8, 4) is 5.88 Å². The van der Waals surface area contributed by atoms with Gasteiger partial charge in [-0.3, -0.25) is 4.68 Å². The van der Waals surface area contributed by atoms with E-state index in [1.165, 1.54) is 0 Å². The van der Waals surface area contributed by atoms with E-state index < -0.39 is 0 Å². The summed E-state index contributed by atoms with van der Waals surface area (Å²) in [4.78, 5) is 8.99. The fourth-order valence-corrected chi connectivity index (χ4v) is 2.51. The summed E-state index contributed by atoms with van der Waals surface area (Å²) in [6, 6.07) is 5.71. The van der Waals surface area contributed by atoms with Crippen molar-refractivity contribution in [2.45, 2.75) is 18.8 Å². The van der Waals surface area contributed by atoms with Crippen molar-refractivity contribution in [3.63, 3.8) is 0 Å². The Bertz CT molecular complexity index is 764. The van der Waals surface area contributed by atoms with Crippen molar-refractivity contribution >= 4 is 22.8 Å². The fourth-order valence-electron chi connectivity index (χ4n) is 2.30. The number of ether oxygens (including phenoxy) is 1. The van der Waals surface area contributed by atoms with E-state index in [-0.39, 0.29) is 0 Å².